The van der Waals surface area contributed by atoms with Crippen molar-refractivity contribution in [2.24, 2.45) is 0 Å². The van der Waals surface area contributed by atoms with Crippen LogP contribution in [0.2, 0.25) is 0 Å². The van der Waals surface area contributed by atoms with Crippen LogP contribution in [0, 0.1) is 6.92 Å². The number of hydrogen-bond donors (Lipinski definition) is 0. The predicted octanol–water partition coefficient (Wildman–Crippen LogP) is 5.71. The average molecular weight is 250 g/mol. The van der Waals surface area contributed by atoms with Crippen molar-refractivity contribution in [2.45, 2.75) is 44.9 Å². The van der Waals surface area contributed by atoms with Crippen LogP contribution in [0.1, 0.15) is 49.1 Å². The van der Waals surface area contributed by atoms with Gasteiger partial charge in [0, 0.05) is 0 Å². The Morgan fingerprint density at radius 1 is 0.789 bits per heavy atom. The Morgan fingerprint density at radius 2 is 1.53 bits per heavy atom. The summed E-state index contributed by atoms with van der Waals surface area (Å²) in [6.07, 6.45) is 7.00. The van der Waals surface area contributed by atoms with Gasteiger partial charge in [-0.15, -0.1) is 0 Å². The van der Waals surface area contributed by atoms with Crippen LogP contribution in [0.3, 0.4) is 0 Å². The highest BCUT2D eigenvalue weighted by atomic mass is 14.2. The Labute approximate surface area is 116 Å². The van der Waals surface area contributed by atoms with E-state index in [1.54, 1.807) is 0 Å². The molecule has 19 heavy (non-hydrogen) atoms. The molecule has 0 saturated heterocycles. The standard InChI is InChI=1S/C19H22/c1-15-6-5-9-19(14-15)18-12-10-17(11-13-18)16-7-3-2-4-8-16/h5-6,9-14,16H,2-4,7-8H2,1H3. The van der Waals surface area contributed by atoms with Crippen molar-refractivity contribution in [1.29, 1.82) is 0 Å². The fourth-order valence-electron chi connectivity index (χ4n) is 3.21. The molecule has 2 aromatic carbocycles. The summed E-state index contributed by atoms with van der Waals surface area (Å²) in [5.74, 6) is 0.806. The monoisotopic (exact) mass is 250 g/mol. The van der Waals surface area contributed by atoms with Gasteiger partial charge in [-0.1, -0.05) is 73.4 Å². The van der Waals surface area contributed by atoms with Gasteiger partial charge in [-0.05, 0) is 42.4 Å². The Kier molecular flexibility index (Phi) is 3.68. The molecule has 0 spiro atoms. The van der Waals surface area contributed by atoms with Crippen molar-refractivity contribution in [3.63, 3.8) is 0 Å². The summed E-state index contributed by atoms with van der Waals surface area (Å²) in [6.45, 7) is 2.15. The molecule has 0 radical (unpaired) electrons. The molecule has 1 fully saturated rings. The molecular formula is C19H22. The first-order valence-corrected chi connectivity index (χ1v) is 7.50. The van der Waals surface area contributed by atoms with Crippen molar-refractivity contribution < 1.29 is 0 Å². The highest BCUT2D eigenvalue weighted by Crippen LogP contribution is 2.33. The van der Waals surface area contributed by atoms with Crippen molar-refractivity contribution in [2.75, 3.05) is 0 Å². The Hall–Kier alpha value is -1.56. The molecule has 1 saturated carbocycles. The van der Waals surface area contributed by atoms with E-state index in [2.05, 4.69) is 55.5 Å². The van der Waals surface area contributed by atoms with E-state index in [1.807, 2.05) is 0 Å². The van der Waals surface area contributed by atoms with E-state index in [4.69, 9.17) is 0 Å². The van der Waals surface area contributed by atoms with Gasteiger partial charge in [-0.25, -0.2) is 0 Å². The molecule has 0 nitrogen and oxygen atoms in total. The van der Waals surface area contributed by atoms with E-state index in [0.717, 1.165) is 5.92 Å². The first kappa shape index (κ1) is 12.5. The van der Waals surface area contributed by atoms with Gasteiger partial charge in [0.2, 0.25) is 0 Å². The second-order valence-electron chi connectivity index (χ2n) is 5.83. The van der Waals surface area contributed by atoms with Crippen molar-refractivity contribution in [1.82, 2.24) is 0 Å². The zero-order valence-electron chi connectivity index (χ0n) is 11.7. The summed E-state index contributed by atoms with van der Waals surface area (Å²) in [5.41, 5.74) is 5.53. The summed E-state index contributed by atoms with van der Waals surface area (Å²) >= 11 is 0. The predicted molar refractivity (Wildman–Crippen MR) is 82.4 cm³/mol. The second kappa shape index (κ2) is 5.61. The molecular weight excluding hydrogens is 228 g/mol. The summed E-state index contributed by atoms with van der Waals surface area (Å²) in [4.78, 5) is 0. The largest absolute Gasteiger partial charge is 0.0614 e. The summed E-state index contributed by atoms with van der Waals surface area (Å²) in [7, 11) is 0. The summed E-state index contributed by atoms with van der Waals surface area (Å²) < 4.78 is 0. The van der Waals surface area contributed by atoms with Crippen LogP contribution >= 0.6 is 0 Å². The second-order valence-corrected chi connectivity index (χ2v) is 5.83. The maximum atomic E-state index is 2.34. The SMILES string of the molecule is Cc1cccc(-c2ccc(C3CCCCC3)cc2)c1. The smallest absolute Gasteiger partial charge is 0.0162 e. The van der Waals surface area contributed by atoms with E-state index < -0.39 is 0 Å². The first-order chi connectivity index (χ1) is 9.33. The zero-order chi connectivity index (χ0) is 13.1. The highest BCUT2D eigenvalue weighted by Gasteiger charge is 2.15. The lowest BCUT2D eigenvalue weighted by atomic mass is 9.83. The third-order valence-electron chi connectivity index (χ3n) is 4.34. The Balaban J connectivity index is 1.82. The first-order valence-electron chi connectivity index (χ1n) is 7.50. The van der Waals surface area contributed by atoms with Crippen LogP contribution in [0.4, 0.5) is 0 Å². The minimum atomic E-state index is 0.806. The molecule has 1 aliphatic carbocycles. The molecule has 0 atom stereocenters. The maximum Gasteiger partial charge on any atom is -0.0162 e. The molecule has 0 heterocycles. The quantitative estimate of drug-likeness (QED) is 0.640. The van der Waals surface area contributed by atoms with Crippen LogP contribution < -0.4 is 0 Å². The topological polar surface area (TPSA) is 0 Å². The summed E-state index contributed by atoms with van der Waals surface area (Å²) in [5, 5.41) is 0. The molecule has 1 aliphatic rings. The lowest BCUT2D eigenvalue weighted by molar-refractivity contribution is 0.443. The van der Waals surface area contributed by atoms with E-state index >= 15 is 0 Å². The highest BCUT2D eigenvalue weighted by molar-refractivity contribution is 5.64. The maximum absolute atomic E-state index is 2.34. The van der Waals surface area contributed by atoms with Gasteiger partial charge in [0.15, 0.2) is 0 Å². The van der Waals surface area contributed by atoms with E-state index in [0.29, 0.717) is 0 Å². The zero-order valence-corrected chi connectivity index (χ0v) is 11.7. The van der Waals surface area contributed by atoms with Crippen LogP contribution in [0.15, 0.2) is 48.5 Å². The summed E-state index contributed by atoms with van der Waals surface area (Å²) in [6, 6.07) is 18.0. The molecule has 0 N–H and O–H groups in total. The number of hydrogen-bond acceptors (Lipinski definition) is 0. The Morgan fingerprint density at radius 3 is 2.21 bits per heavy atom. The molecule has 98 valence electrons. The fourth-order valence-corrected chi connectivity index (χ4v) is 3.21. The molecule has 3 rings (SSSR count). The van der Waals surface area contributed by atoms with Gasteiger partial charge in [0.25, 0.3) is 0 Å². The lowest BCUT2D eigenvalue weighted by Gasteiger charge is -2.22. The minimum absolute atomic E-state index is 0.806. The van der Waals surface area contributed by atoms with Crippen molar-refractivity contribution in [3.8, 4) is 11.1 Å². The van der Waals surface area contributed by atoms with Crippen molar-refractivity contribution in [3.05, 3.63) is 59.7 Å². The normalized spacial score (nSPS) is 16.5. The van der Waals surface area contributed by atoms with Crippen molar-refractivity contribution >= 4 is 0 Å². The van der Waals surface area contributed by atoms with Gasteiger partial charge in [-0.2, -0.15) is 0 Å². The van der Waals surface area contributed by atoms with E-state index in [9.17, 15) is 0 Å². The molecule has 0 amide bonds. The molecule has 2 aromatic rings. The molecule has 0 bridgehead atoms. The Bertz CT molecular complexity index is 530. The third kappa shape index (κ3) is 2.89. The lowest BCUT2D eigenvalue weighted by Crippen LogP contribution is -2.04. The fraction of sp³-hybridized carbons (Fsp3) is 0.368. The molecule has 0 aromatic heterocycles. The van der Waals surface area contributed by atoms with Crippen LogP contribution in [-0.2, 0) is 0 Å². The van der Waals surface area contributed by atoms with Crippen LogP contribution in [-0.4, -0.2) is 0 Å². The number of benzene rings is 2. The number of rotatable bonds is 2. The number of aryl methyl sites for hydroxylation is 1. The molecule has 0 aliphatic heterocycles. The van der Waals surface area contributed by atoms with Crippen LogP contribution in [0.25, 0.3) is 11.1 Å². The van der Waals surface area contributed by atoms with Gasteiger partial charge < -0.3 is 0 Å². The van der Waals surface area contributed by atoms with Gasteiger partial charge in [0.05, 0.1) is 0 Å². The average Bonchev–Trinajstić information content (AvgIpc) is 2.48. The van der Waals surface area contributed by atoms with E-state index in [-0.39, 0.29) is 0 Å². The molecule has 0 unspecified atom stereocenters. The van der Waals surface area contributed by atoms with Gasteiger partial charge in [-0.3, -0.25) is 0 Å². The van der Waals surface area contributed by atoms with Crippen LogP contribution in [0.5, 0.6) is 0 Å². The molecule has 0 heteroatoms. The minimum Gasteiger partial charge on any atom is -0.0614 e. The third-order valence-corrected chi connectivity index (χ3v) is 4.34. The van der Waals surface area contributed by atoms with Gasteiger partial charge in [0.1, 0.15) is 0 Å². The van der Waals surface area contributed by atoms with E-state index in [1.165, 1.54) is 54.4 Å². The van der Waals surface area contributed by atoms with Gasteiger partial charge >= 0.3 is 0 Å².